The van der Waals surface area contributed by atoms with Gasteiger partial charge in [0, 0.05) is 12.6 Å². The molecule has 0 aromatic heterocycles. The zero-order chi connectivity index (χ0) is 11.4. The number of aliphatic imine (C=N–C) groups is 1. The molecule has 1 aliphatic heterocycles. The minimum absolute atomic E-state index is 0.297. The number of nitrogens with zero attached hydrogens (tertiary/aromatic N) is 1. The molecule has 0 spiro atoms. The Bertz CT molecular complexity index is 249. The minimum Gasteiger partial charge on any atom is -0.376 e. The van der Waals surface area contributed by atoms with Gasteiger partial charge in [0.25, 0.3) is 0 Å². The van der Waals surface area contributed by atoms with Gasteiger partial charge in [0.15, 0.2) is 5.96 Å². The van der Waals surface area contributed by atoms with Gasteiger partial charge in [-0.25, -0.2) is 0 Å². The summed E-state index contributed by atoms with van der Waals surface area (Å²) in [5.41, 5.74) is 5.83. The van der Waals surface area contributed by atoms with E-state index in [0.29, 0.717) is 24.7 Å². The van der Waals surface area contributed by atoms with Gasteiger partial charge in [0.1, 0.15) is 0 Å². The van der Waals surface area contributed by atoms with E-state index in [0.717, 1.165) is 25.4 Å². The van der Waals surface area contributed by atoms with Crippen LogP contribution in [0.1, 0.15) is 39.0 Å². The highest BCUT2D eigenvalue weighted by atomic mass is 16.5. The first-order valence-corrected chi connectivity index (χ1v) is 6.47. The van der Waals surface area contributed by atoms with Crippen LogP contribution in [0.5, 0.6) is 0 Å². The Morgan fingerprint density at radius 1 is 1.56 bits per heavy atom. The van der Waals surface area contributed by atoms with E-state index in [1.54, 1.807) is 0 Å². The molecule has 1 saturated heterocycles. The van der Waals surface area contributed by atoms with E-state index in [4.69, 9.17) is 10.5 Å². The summed E-state index contributed by atoms with van der Waals surface area (Å²) in [5.74, 6) is 1.42. The number of guanidine groups is 1. The Labute approximate surface area is 97.6 Å². The molecule has 2 aliphatic rings. The summed E-state index contributed by atoms with van der Waals surface area (Å²) in [6.45, 7) is 3.82. The SMILES string of the molecule is CCC[C@@H]1C[C@H]1NC(N)=NCC1CCCO1. The molecule has 0 bridgehead atoms. The van der Waals surface area contributed by atoms with Crippen molar-refractivity contribution >= 4 is 5.96 Å². The molecule has 0 radical (unpaired) electrons. The largest absolute Gasteiger partial charge is 0.376 e. The smallest absolute Gasteiger partial charge is 0.188 e. The van der Waals surface area contributed by atoms with E-state index in [-0.39, 0.29) is 0 Å². The Balaban J connectivity index is 1.63. The molecule has 2 rings (SSSR count). The first-order valence-electron chi connectivity index (χ1n) is 6.47. The van der Waals surface area contributed by atoms with Crippen molar-refractivity contribution < 1.29 is 4.74 Å². The van der Waals surface area contributed by atoms with E-state index in [1.165, 1.54) is 19.3 Å². The van der Waals surface area contributed by atoms with Crippen LogP contribution in [0.2, 0.25) is 0 Å². The van der Waals surface area contributed by atoms with Crippen molar-refractivity contribution in [3.63, 3.8) is 0 Å². The average molecular weight is 225 g/mol. The summed E-state index contributed by atoms with van der Waals surface area (Å²) in [4.78, 5) is 4.34. The molecule has 1 saturated carbocycles. The van der Waals surface area contributed by atoms with Crippen molar-refractivity contribution in [1.29, 1.82) is 0 Å². The first-order chi connectivity index (χ1) is 7.79. The van der Waals surface area contributed by atoms with Crippen LogP contribution >= 0.6 is 0 Å². The third-order valence-electron chi connectivity index (χ3n) is 3.40. The predicted octanol–water partition coefficient (Wildman–Crippen LogP) is 1.26. The van der Waals surface area contributed by atoms with Gasteiger partial charge >= 0.3 is 0 Å². The second-order valence-corrected chi connectivity index (χ2v) is 4.90. The molecular weight excluding hydrogens is 202 g/mol. The van der Waals surface area contributed by atoms with E-state index in [1.807, 2.05) is 0 Å². The molecule has 3 N–H and O–H groups in total. The lowest BCUT2D eigenvalue weighted by molar-refractivity contribution is 0.117. The van der Waals surface area contributed by atoms with Crippen LogP contribution in [0.3, 0.4) is 0 Å². The maximum Gasteiger partial charge on any atom is 0.188 e. The minimum atomic E-state index is 0.297. The van der Waals surface area contributed by atoms with Crippen molar-refractivity contribution in [2.45, 2.75) is 51.2 Å². The molecule has 4 nitrogen and oxygen atoms in total. The number of ether oxygens (including phenoxy) is 1. The summed E-state index contributed by atoms with van der Waals surface area (Å²) < 4.78 is 5.49. The van der Waals surface area contributed by atoms with Crippen LogP contribution in [0.25, 0.3) is 0 Å². The molecule has 1 aliphatic carbocycles. The van der Waals surface area contributed by atoms with Gasteiger partial charge in [0.2, 0.25) is 0 Å². The summed E-state index contributed by atoms with van der Waals surface area (Å²) >= 11 is 0. The fraction of sp³-hybridized carbons (Fsp3) is 0.917. The average Bonchev–Trinajstić information content (AvgIpc) is 2.82. The predicted molar refractivity (Wildman–Crippen MR) is 65.4 cm³/mol. The summed E-state index contributed by atoms with van der Waals surface area (Å²) in [7, 11) is 0. The van der Waals surface area contributed by atoms with E-state index >= 15 is 0 Å². The quantitative estimate of drug-likeness (QED) is 0.547. The van der Waals surface area contributed by atoms with Gasteiger partial charge in [-0.3, -0.25) is 4.99 Å². The number of rotatable bonds is 5. The second kappa shape index (κ2) is 5.53. The molecule has 1 heterocycles. The Morgan fingerprint density at radius 2 is 2.44 bits per heavy atom. The zero-order valence-electron chi connectivity index (χ0n) is 10.1. The normalized spacial score (nSPS) is 34.1. The van der Waals surface area contributed by atoms with Gasteiger partial charge in [-0.2, -0.15) is 0 Å². The lowest BCUT2D eigenvalue weighted by Gasteiger charge is -2.08. The topological polar surface area (TPSA) is 59.6 Å². The van der Waals surface area contributed by atoms with Crippen LogP contribution in [0.4, 0.5) is 0 Å². The van der Waals surface area contributed by atoms with Gasteiger partial charge in [-0.05, 0) is 31.6 Å². The lowest BCUT2D eigenvalue weighted by atomic mass is 10.2. The zero-order valence-corrected chi connectivity index (χ0v) is 10.1. The van der Waals surface area contributed by atoms with Crippen LogP contribution in [-0.2, 0) is 4.74 Å². The molecule has 2 fully saturated rings. The Hall–Kier alpha value is -0.770. The van der Waals surface area contributed by atoms with E-state index in [9.17, 15) is 0 Å². The van der Waals surface area contributed by atoms with Crippen LogP contribution in [0.15, 0.2) is 4.99 Å². The third kappa shape index (κ3) is 3.37. The van der Waals surface area contributed by atoms with Gasteiger partial charge in [-0.1, -0.05) is 13.3 Å². The van der Waals surface area contributed by atoms with Crippen molar-refractivity contribution in [3.8, 4) is 0 Å². The fourth-order valence-electron chi connectivity index (χ4n) is 2.34. The summed E-state index contributed by atoms with van der Waals surface area (Å²) in [5, 5.41) is 3.28. The molecule has 4 heteroatoms. The highest BCUT2D eigenvalue weighted by molar-refractivity contribution is 5.78. The van der Waals surface area contributed by atoms with Crippen molar-refractivity contribution in [1.82, 2.24) is 5.32 Å². The van der Waals surface area contributed by atoms with E-state index in [2.05, 4.69) is 17.2 Å². The van der Waals surface area contributed by atoms with Gasteiger partial charge < -0.3 is 15.8 Å². The standard InChI is InChI=1S/C12H23N3O/c1-2-4-9-7-11(9)15-12(13)14-8-10-5-3-6-16-10/h9-11H,2-8H2,1H3,(H3,13,14,15)/t9-,10?,11-/m1/s1. The van der Waals surface area contributed by atoms with Gasteiger partial charge in [0.05, 0.1) is 12.6 Å². The Morgan fingerprint density at radius 3 is 3.12 bits per heavy atom. The monoisotopic (exact) mass is 225 g/mol. The lowest BCUT2D eigenvalue weighted by Crippen LogP contribution is -2.35. The van der Waals surface area contributed by atoms with Crippen molar-refractivity contribution in [2.24, 2.45) is 16.6 Å². The summed E-state index contributed by atoms with van der Waals surface area (Å²) in [6, 6.07) is 0.577. The maximum atomic E-state index is 5.83. The highest BCUT2D eigenvalue weighted by Gasteiger charge is 2.36. The summed E-state index contributed by atoms with van der Waals surface area (Å²) in [6.07, 6.45) is 6.40. The maximum absolute atomic E-state index is 5.83. The van der Waals surface area contributed by atoms with Gasteiger partial charge in [-0.15, -0.1) is 0 Å². The van der Waals surface area contributed by atoms with Crippen molar-refractivity contribution in [3.05, 3.63) is 0 Å². The molecule has 3 atom stereocenters. The Kier molecular flexibility index (Phi) is 4.04. The number of nitrogens with one attached hydrogen (secondary N) is 1. The van der Waals surface area contributed by atoms with Crippen molar-refractivity contribution in [2.75, 3.05) is 13.2 Å². The second-order valence-electron chi connectivity index (χ2n) is 4.90. The third-order valence-corrected chi connectivity index (χ3v) is 3.40. The highest BCUT2D eigenvalue weighted by Crippen LogP contribution is 2.34. The molecule has 0 amide bonds. The van der Waals surface area contributed by atoms with Crippen LogP contribution in [-0.4, -0.2) is 31.3 Å². The fourth-order valence-corrected chi connectivity index (χ4v) is 2.34. The number of nitrogens with two attached hydrogens (primary N) is 1. The molecule has 0 aromatic carbocycles. The molecule has 0 aromatic rings. The van der Waals surface area contributed by atoms with Crippen LogP contribution < -0.4 is 11.1 Å². The molecular formula is C12H23N3O. The van der Waals surface area contributed by atoms with E-state index < -0.39 is 0 Å². The molecule has 92 valence electrons. The molecule has 16 heavy (non-hydrogen) atoms. The molecule has 1 unspecified atom stereocenters. The number of hydrogen-bond donors (Lipinski definition) is 2. The first kappa shape index (κ1) is 11.7. The number of hydrogen-bond acceptors (Lipinski definition) is 2. The van der Waals surface area contributed by atoms with Crippen LogP contribution in [0, 0.1) is 5.92 Å².